The highest BCUT2D eigenvalue weighted by atomic mass is 32.1. The van der Waals surface area contributed by atoms with E-state index in [0.29, 0.717) is 5.56 Å². The summed E-state index contributed by atoms with van der Waals surface area (Å²) in [6.45, 7) is 5.99. The van der Waals surface area contributed by atoms with Gasteiger partial charge < -0.3 is 5.32 Å². The summed E-state index contributed by atoms with van der Waals surface area (Å²) in [5.74, 6) is -0.0861. The highest BCUT2D eigenvalue weighted by Crippen LogP contribution is 2.32. The van der Waals surface area contributed by atoms with Crippen LogP contribution in [-0.2, 0) is 0 Å². The minimum atomic E-state index is -0.0861. The summed E-state index contributed by atoms with van der Waals surface area (Å²) >= 11 is 1.66. The van der Waals surface area contributed by atoms with Crippen LogP contribution in [0.25, 0.3) is 20.8 Å². The second-order valence-corrected chi connectivity index (χ2v) is 7.82. The Morgan fingerprint density at radius 3 is 2.52 bits per heavy atom. The molecule has 0 unspecified atom stereocenters. The maximum Gasteiger partial charge on any atom is 0.255 e. The summed E-state index contributed by atoms with van der Waals surface area (Å²) < 4.78 is 1.16. The quantitative estimate of drug-likeness (QED) is 0.469. The van der Waals surface area contributed by atoms with E-state index in [1.165, 1.54) is 0 Å². The molecule has 4 heteroatoms. The maximum absolute atomic E-state index is 12.8. The van der Waals surface area contributed by atoms with Crippen LogP contribution in [0.5, 0.6) is 0 Å². The molecular weight excluding hydrogens is 352 g/mol. The van der Waals surface area contributed by atoms with Gasteiger partial charge in [0, 0.05) is 16.8 Å². The predicted molar refractivity (Wildman–Crippen MR) is 114 cm³/mol. The summed E-state index contributed by atoms with van der Waals surface area (Å²) in [4.78, 5) is 17.5. The predicted octanol–water partition coefficient (Wildman–Crippen LogP) is 6.14. The monoisotopic (exact) mass is 372 g/mol. The number of carbonyl (C=O) groups excluding carboxylic acids is 1. The van der Waals surface area contributed by atoms with E-state index < -0.39 is 0 Å². The van der Waals surface area contributed by atoms with Gasteiger partial charge in [0.05, 0.1) is 10.2 Å². The van der Waals surface area contributed by atoms with Crippen molar-refractivity contribution in [1.29, 1.82) is 0 Å². The van der Waals surface area contributed by atoms with Gasteiger partial charge >= 0.3 is 0 Å². The number of rotatable bonds is 3. The Labute approximate surface area is 162 Å². The van der Waals surface area contributed by atoms with E-state index in [0.717, 1.165) is 43.2 Å². The molecule has 0 aliphatic heterocycles. The van der Waals surface area contributed by atoms with Gasteiger partial charge in [0.2, 0.25) is 0 Å². The smallest absolute Gasteiger partial charge is 0.255 e. The number of amides is 1. The molecule has 0 aliphatic rings. The summed E-state index contributed by atoms with van der Waals surface area (Å²) in [5.41, 5.74) is 6.68. The van der Waals surface area contributed by atoms with Gasteiger partial charge in [-0.15, -0.1) is 11.3 Å². The Hall–Kier alpha value is -2.98. The normalized spacial score (nSPS) is 10.9. The van der Waals surface area contributed by atoms with E-state index in [9.17, 15) is 4.79 Å². The van der Waals surface area contributed by atoms with Gasteiger partial charge in [0.25, 0.3) is 5.91 Å². The number of nitrogens with one attached hydrogen (secondary N) is 1. The zero-order chi connectivity index (χ0) is 19.0. The number of nitrogens with zero attached hydrogens (tertiary/aromatic N) is 1. The molecular formula is C23H20N2OS. The van der Waals surface area contributed by atoms with Gasteiger partial charge in [0.15, 0.2) is 0 Å². The highest BCUT2D eigenvalue weighted by molar-refractivity contribution is 7.21. The van der Waals surface area contributed by atoms with Crippen LogP contribution in [0.3, 0.4) is 0 Å². The van der Waals surface area contributed by atoms with E-state index in [1.807, 2.05) is 69.3 Å². The zero-order valence-corrected chi connectivity index (χ0v) is 16.4. The molecule has 1 amide bonds. The summed E-state index contributed by atoms with van der Waals surface area (Å²) in [6, 6.07) is 20.1. The summed E-state index contributed by atoms with van der Waals surface area (Å²) in [7, 11) is 0. The van der Waals surface area contributed by atoms with E-state index in [-0.39, 0.29) is 5.91 Å². The Morgan fingerprint density at radius 1 is 0.926 bits per heavy atom. The molecule has 0 radical (unpaired) electrons. The molecule has 0 saturated heterocycles. The minimum Gasteiger partial charge on any atom is -0.322 e. The number of anilines is 1. The number of aryl methyl sites for hydroxylation is 3. The van der Waals surface area contributed by atoms with Crippen molar-refractivity contribution in [3.05, 3.63) is 82.9 Å². The van der Waals surface area contributed by atoms with Gasteiger partial charge in [-0.25, -0.2) is 4.98 Å². The molecule has 134 valence electrons. The van der Waals surface area contributed by atoms with E-state index in [4.69, 9.17) is 4.98 Å². The molecule has 4 aromatic rings. The van der Waals surface area contributed by atoms with Gasteiger partial charge in [0.1, 0.15) is 5.01 Å². The van der Waals surface area contributed by atoms with Crippen molar-refractivity contribution in [2.24, 2.45) is 0 Å². The van der Waals surface area contributed by atoms with Crippen LogP contribution in [0.2, 0.25) is 0 Å². The van der Waals surface area contributed by atoms with Crippen LogP contribution in [0.15, 0.2) is 60.7 Å². The molecule has 3 nitrogen and oxygen atoms in total. The fraction of sp³-hybridized carbons (Fsp3) is 0.130. The molecule has 3 aromatic carbocycles. The van der Waals surface area contributed by atoms with Crippen LogP contribution in [0.4, 0.5) is 5.69 Å². The van der Waals surface area contributed by atoms with Crippen LogP contribution in [0, 0.1) is 20.8 Å². The van der Waals surface area contributed by atoms with E-state index in [2.05, 4.69) is 17.4 Å². The molecule has 0 bridgehead atoms. The van der Waals surface area contributed by atoms with E-state index in [1.54, 1.807) is 11.3 Å². The van der Waals surface area contributed by atoms with Crippen molar-refractivity contribution in [3.8, 4) is 10.6 Å². The molecule has 1 heterocycles. The number of thiazole rings is 1. The Balaban J connectivity index is 1.67. The van der Waals surface area contributed by atoms with Crippen molar-refractivity contribution in [3.63, 3.8) is 0 Å². The Kier molecular flexibility index (Phi) is 4.50. The number of hydrogen-bond donors (Lipinski definition) is 1. The number of fused-ring (bicyclic) bond motifs is 1. The number of benzene rings is 3. The molecule has 1 N–H and O–H groups in total. The van der Waals surface area contributed by atoms with Crippen molar-refractivity contribution in [2.45, 2.75) is 20.8 Å². The second-order valence-electron chi connectivity index (χ2n) is 6.79. The molecule has 27 heavy (non-hydrogen) atoms. The van der Waals surface area contributed by atoms with Gasteiger partial charge in [-0.1, -0.05) is 42.0 Å². The second kappa shape index (κ2) is 6.97. The lowest BCUT2D eigenvalue weighted by molar-refractivity contribution is 0.102. The molecule has 0 spiro atoms. The maximum atomic E-state index is 12.8. The number of aromatic nitrogens is 1. The van der Waals surface area contributed by atoms with Gasteiger partial charge in [-0.3, -0.25) is 4.79 Å². The molecule has 0 aliphatic carbocycles. The number of carbonyl (C=O) groups is 1. The number of hydrogen-bond acceptors (Lipinski definition) is 3. The molecule has 0 saturated carbocycles. The Morgan fingerprint density at radius 2 is 1.74 bits per heavy atom. The first-order valence-corrected chi connectivity index (χ1v) is 9.68. The van der Waals surface area contributed by atoms with Crippen LogP contribution >= 0.6 is 11.3 Å². The first kappa shape index (κ1) is 17.4. The van der Waals surface area contributed by atoms with Crippen LogP contribution in [0.1, 0.15) is 27.0 Å². The fourth-order valence-electron chi connectivity index (χ4n) is 3.14. The largest absolute Gasteiger partial charge is 0.322 e. The topological polar surface area (TPSA) is 42.0 Å². The first-order valence-electron chi connectivity index (χ1n) is 8.86. The average molecular weight is 372 g/mol. The zero-order valence-electron chi connectivity index (χ0n) is 15.5. The molecule has 1 aromatic heterocycles. The third-order valence-corrected chi connectivity index (χ3v) is 5.74. The lowest BCUT2D eigenvalue weighted by Gasteiger charge is -2.12. The van der Waals surface area contributed by atoms with E-state index >= 15 is 0 Å². The van der Waals surface area contributed by atoms with Crippen molar-refractivity contribution in [2.75, 3.05) is 5.32 Å². The summed E-state index contributed by atoms with van der Waals surface area (Å²) in [5, 5.41) is 4.03. The standard InChI is InChI=1S/C23H20N2OS/c1-14-8-11-18(16(3)12-14)22(26)24-20-13-17(10-9-15(20)2)23-25-19-6-4-5-7-21(19)27-23/h4-13H,1-3H3,(H,24,26). The van der Waals surface area contributed by atoms with Gasteiger partial charge in [-0.2, -0.15) is 0 Å². The lowest BCUT2D eigenvalue weighted by Crippen LogP contribution is -2.14. The third-order valence-electron chi connectivity index (χ3n) is 4.65. The van der Waals surface area contributed by atoms with Crippen LogP contribution < -0.4 is 5.32 Å². The first-order chi connectivity index (χ1) is 13.0. The van der Waals surface area contributed by atoms with Crippen molar-refractivity contribution >= 4 is 33.1 Å². The van der Waals surface area contributed by atoms with Crippen molar-refractivity contribution < 1.29 is 4.79 Å². The highest BCUT2D eigenvalue weighted by Gasteiger charge is 2.13. The minimum absolute atomic E-state index is 0.0861. The lowest BCUT2D eigenvalue weighted by atomic mass is 10.0. The molecule has 4 rings (SSSR count). The summed E-state index contributed by atoms with van der Waals surface area (Å²) in [6.07, 6.45) is 0. The average Bonchev–Trinajstić information content (AvgIpc) is 3.07. The SMILES string of the molecule is Cc1ccc(C(=O)Nc2cc(-c3nc4ccccc4s3)ccc2C)c(C)c1. The molecule has 0 atom stereocenters. The fourth-order valence-corrected chi connectivity index (χ4v) is 4.11. The third kappa shape index (κ3) is 3.49. The van der Waals surface area contributed by atoms with Crippen LogP contribution in [-0.4, -0.2) is 10.9 Å². The van der Waals surface area contributed by atoms with Crippen molar-refractivity contribution in [1.82, 2.24) is 4.98 Å². The Bertz CT molecular complexity index is 1130. The number of para-hydroxylation sites is 1. The molecule has 0 fully saturated rings. The van der Waals surface area contributed by atoms with Gasteiger partial charge in [-0.05, 0) is 56.2 Å².